The van der Waals surface area contributed by atoms with Crippen LogP contribution in [0.15, 0.2) is 30.5 Å². The number of aromatic nitrogens is 1. The van der Waals surface area contributed by atoms with Gasteiger partial charge in [0.1, 0.15) is 5.75 Å². The molecule has 1 amide bonds. The summed E-state index contributed by atoms with van der Waals surface area (Å²) < 4.78 is 9.61. The van der Waals surface area contributed by atoms with Crippen molar-refractivity contribution >= 4 is 22.7 Å². The van der Waals surface area contributed by atoms with Gasteiger partial charge in [0, 0.05) is 11.5 Å². The number of fused-ring (bicyclic) bond motifs is 1. The zero-order valence-electron chi connectivity index (χ0n) is 9.56. The molecule has 5 nitrogen and oxygen atoms in total. The summed E-state index contributed by atoms with van der Waals surface area (Å²) in [6.45, 7) is 0. The number of benzene rings is 1. The molecule has 2 rings (SSSR count). The Labute approximate surface area is 98.4 Å². The Morgan fingerprint density at radius 2 is 2.12 bits per heavy atom. The molecule has 1 N–H and O–H groups in total. The minimum atomic E-state index is -0.514. The molecule has 0 atom stereocenters. The van der Waals surface area contributed by atoms with Crippen molar-refractivity contribution in [2.24, 2.45) is 0 Å². The fraction of sp³-hybridized carbons (Fsp3) is 0.167. The highest BCUT2D eigenvalue weighted by molar-refractivity contribution is 5.89. The molecule has 0 radical (unpaired) electrons. The monoisotopic (exact) mass is 232 g/mol. The number of hydrogen-bond donors (Lipinski definition) is 1. The highest BCUT2D eigenvalue weighted by Gasteiger charge is 2.03. The summed E-state index contributed by atoms with van der Waals surface area (Å²) in [4.78, 5) is 15.3. The van der Waals surface area contributed by atoms with E-state index in [1.807, 2.05) is 24.3 Å². The summed E-state index contributed by atoms with van der Waals surface area (Å²) in [6, 6.07) is 7.37. The number of amides is 1. The Hall–Kier alpha value is -2.30. The second-order valence-corrected chi connectivity index (χ2v) is 3.40. The maximum absolute atomic E-state index is 11.0. The van der Waals surface area contributed by atoms with Gasteiger partial charge in [0.25, 0.3) is 0 Å². The van der Waals surface area contributed by atoms with Gasteiger partial charge in [-0.05, 0) is 18.2 Å². The van der Waals surface area contributed by atoms with Crippen molar-refractivity contribution in [1.82, 2.24) is 4.98 Å². The molecule has 1 aromatic carbocycles. The summed E-state index contributed by atoms with van der Waals surface area (Å²) >= 11 is 0. The van der Waals surface area contributed by atoms with Crippen LogP contribution in [0.1, 0.15) is 0 Å². The molecule has 0 bridgehead atoms. The molecular formula is C12H12N2O3. The number of ether oxygens (including phenoxy) is 2. The number of carbonyl (C=O) groups excluding carboxylic acids is 1. The molecule has 1 heterocycles. The summed E-state index contributed by atoms with van der Waals surface area (Å²) in [5.74, 6) is 0.749. The second kappa shape index (κ2) is 4.69. The third-order valence-electron chi connectivity index (χ3n) is 2.32. The van der Waals surface area contributed by atoms with Crippen molar-refractivity contribution in [1.29, 1.82) is 0 Å². The molecule has 1 aromatic heterocycles. The lowest BCUT2D eigenvalue weighted by atomic mass is 10.2. The fourth-order valence-corrected chi connectivity index (χ4v) is 1.47. The Morgan fingerprint density at radius 3 is 2.82 bits per heavy atom. The van der Waals surface area contributed by atoms with Crippen LogP contribution < -0.4 is 10.1 Å². The molecule has 0 saturated carbocycles. The van der Waals surface area contributed by atoms with Crippen molar-refractivity contribution in [2.45, 2.75) is 0 Å². The zero-order valence-corrected chi connectivity index (χ0v) is 9.56. The molecule has 5 heteroatoms. The smallest absolute Gasteiger partial charge is 0.411 e. The van der Waals surface area contributed by atoms with E-state index in [-0.39, 0.29) is 0 Å². The van der Waals surface area contributed by atoms with E-state index < -0.39 is 6.09 Å². The lowest BCUT2D eigenvalue weighted by molar-refractivity contribution is 0.187. The quantitative estimate of drug-likeness (QED) is 0.863. The van der Waals surface area contributed by atoms with Crippen molar-refractivity contribution < 1.29 is 14.3 Å². The molecule has 0 saturated heterocycles. The molecule has 88 valence electrons. The standard InChI is InChI=1S/C12H12N2O3/c1-16-10-4-3-8-5-9(14-12(15)17-2)7-13-11(8)6-10/h3-7H,1-2H3,(H,14,15). The summed E-state index contributed by atoms with van der Waals surface area (Å²) in [5.41, 5.74) is 1.40. The predicted molar refractivity (Wildman–Crippen MR) is 64.3 cm³/mol. The van der Waals surface area contributed by atoms with E-state index in [1.165, 1.54) is 7.11 Å². The van der Waals surface area contributed by atoms with E-state index in [0.717, 1.165) is 16.7 Å². The number of nitrogens with one attached hydrogen (secondary N) is 1. The first kappa shape index (κ1) is 11.2. The van der Waals surface area contributed by atoms with Gasteiger partial charge in [-0.2, -0.15) is 0 Å². The zero-order chi connectivity index (χ0) is 12.3. The first-order valence-electron chi connectivity index (χ1n) is 5.01. The number of nitrogens with zero attached hydrogens (tertiary/aromatic N) is 1. The first-order valence-corrected chi connectivity index (χ1v) is 5.01. The normalized spacial score (nSPS) is 10.0. The van der Waals surface area contributed by atoms with Gasteiger partial charge in [0.05, 0.1) is 31.6 Å². The van der Waals surface area contributed by atoms with Gasteiger partial charge in [0.15, 0.2) is 0 Å². The van der Waals surface area contributed by atoms with Gasteiger partial charge in [-0.25, -0.2) is 4.79 Å². The SMILES string of the molecule is COC(=O)Nc1cnc2cc(OC)ccc2c1. The van der Waals surface area contributed by atoms with Gasteiger partial charge in [0.2, 0.25) is 0 Å². The lowest BCUT2D eigenvalue weighted by Crippen LogP contribution is -2.10. The molecule has 0 aliphatic rings. The van der Waals surface area contributed by atoms with Crippen molar-refractivity contribution in [3.05, 3.63) is 30.5 Å². The molecule has 0 unspecified atom stereocenters. The largest absolute Gasteiger partial charge is 0.497 e. The number of hydrogen-bond acceptors (Lipinski definition) is 4. The van der Waals surface area contributed by atoms with Crippen LogP contribution in [-0.2, 0) is 4.74 Å². The molecule has 2 aromatic rings. The number of pyridine rings is 1. The third-order valence-corrected chi connectivity index (χ3v) is 2.32. The van der Waals surface area contributed by atoms with E-state index in [1.54, 1.807) is 13.3 Å². The van der Waals surface area contributed by atoms with E-state index in [2.05, 4.69) is 15.0 Å². The minimum absolute atomic E-state index is 0.514. The van der Waals surface area contributed by atoms with Gasteiger partial charge < -0.3 is 9.47 Å². The van der Waals surface area contributed by atoms with Crippen LogP contribution in [0, 0.1) is 0 Å². The van der Waals surface area contributed by atoms with Crippen molar-refractivity contribution in [2.75, 3.05) is 19.5 Å². The minimum Gasteiger partial charge on any atom is -0.497 e. The Morgan fingerprint density at radius 1 is 1.29 bits per heavy atom. The molecule has 0 fully saturated rings. The summed E-state index contributed by atoms with van der Waals surface area (Å²) in [5, 5.41) is 3.47. The number of methoxy groups -OCH3 is 2. The van der Waals surface area contributed by atoms with E-state index >= 15 is 0 Å². The Balaban J connectivity index is 2.34. The van der Waals surface area contributed by atoms with E-state index in [0.29, 0.717) is 5.69 Å². The van der Waals surface area contributed by atoms with Crippen LogP contribution in [0.2, 0.25) is 0 Å². The molecule has 17 heavy (non-hydrogen) atoms. The predicted octanol–water partition coefficient (Wildman–Crippen LogP) is 2.42. The highest BCUT2D eigenvalue weighted by atomic mass is 16.5. The Bertz CT molecular complexity index is 554. The third kappa shape index (κ3) is 2.44. The van der Waals surface area contributed by atoms with Crippen LogP contribution in [0.4, 0.5) is 10.5 Å². The first-order chi connectivity index (χ1) is 8.22. The summed E-state index contributed by atoms with van der Waals surface area (Å²) in [6.07, 6.45) is 1.05. The molecular weight excluding hydrogens is 220 g/mol. The van der Waals surface area contributed by atoms with E-state index in [4.69, 9.17) is 4.74 Å². The fourth-order valence-electron chi connectivity index (χ4n) is 1.47. The number of carbonyl (C=O) groups is 1. The van der Waals surface area contributed by atoms with Gasteiger partial charge in [-0.3, -0.25) is 10.3 Å². The van der Waals surface area contributed by atoms with Gasteiger partial charge in [-0.1, -0.05) is 0 Å². The molecule has 0 spiro atoms. The van der Waals surface area contributed by atoms with Crippen molar-refractivity contribution in [3.63, 3.8) is 0 Å². The second-order valence-electron chi connectivity index (χ2n) is 3.40. The van der Waals surface area contributed by atoms with Crippen molar-refractivity contribution in [3.8, 4) is 5.75 Å². The van der Waals surface area contributed by atoms with Crippen LogP contribution in [0.25, 0.3) is 10.9 Å². The number of anilines is 1. The summed E-state index contributed by atoms with van der Waals surface area (Å²) in [7, 11) is 2.92. The van der Waals surface area contributed by atoms with E-state index in [9.17, 15) is 4.79 Å². The van der Waals surface area contributed by atoms with Crippen LogP contribution in [-0.4, -0.2) is 25.3 Å². The maximum Gasteiger partial charge on any atom is 0.411 e. The molecule has 0 aliphatic carbocycles. The Kier molecular flexibility index (Phi) is 3.09. The highest BCUT2D eigenvalue weighted by Crippen LogP contribution is 2.21. The topological polar surface area (TPSA) is 60.5 Å². The van der Waals surface area contributed by atoms with Crippen LogP contribution in [0.3, 0.4) is 0 Å². The van der Waals surface area contributed by atoms with Gasteiger partial charge in [-0.15, -0.1) is 0 Å². The lowest BCUT2D eigenvalue weighted by Gasteiger charge is -2.05. The average molecular weight is 232 g/mol. The maximum atomic E-state index is 11.0. The average Bonchev–Trinajstić information content (AvgIpc) is 2.38. The van der Waals surface area contributed by atoms with Crippen LogP contribution in [0.5, 0.6) is 5.75 Å². The van der Waals surface area contributed by atoms with Gasteiger partial charge >= 0.3 is 6.09 Å². The molecule has 0 aliphatic heterocycles. The van der Waals surface area contributed by atoms with Crippen LogP contribution >= 0.6 is 0 Å². The number of rotatable bonds is 2.